The van der Waals surface area contributed by atoms with Gasteiger partial charge in [-0.3, -0.25) is 14.9 Å². The van der Waals surface area contributed by atoms with E-state index in [-0.39, 0.29) is 22.4 Å². The molecule has 0 unspecified atom stereocenters. The summed E-state index contributed by atoms with van der Waals surface area (Å²) in [6, 6.07) is 3.97. The number of aromatic hydroxyl groups is 1. The summed E-state index contributed by atoms with van der Waals surface area (Å²) in [7, 11) is 0. The summed E-state index contributed by atoms with van der Waals surface area (Å²) < 4.78 is 0. The molecule has 0 heterocycles. The van der Waals surface area contributed by atoms with Crippen molar-refractivity contribution in [2.24, 2.45) is 10.8 Å². The van der Waals surface area contributed by atoms with Crippen LogP contribution < -0.4 is 5.32 Å². The molecule has 0 spiro atoms. The van der Waals surface area contributed by atoms with Crippen molar-refractivity contribution in [3.63, 3.8) is 0 Å². The molecule has 0 atom stereocenters. The highest BCUT2D eigenvalue weighted by atomic mass is 16.6. The molecular formula is C17H24N2O4. The van der Waals surface area contributed by atoms with Crippen LogP contribution in [-0.2, 0) is 0 Å². The Balaban J connectivity index is 2.19. The molecule has 1 aliphatic carbocycles. The molecule has 1 amide bonds. The van der Waals surface area contributed by atoms with E-state index in [1.54, 1.807) is 0 Å². The Kier molecular flexibility index (Phi) is 4.37. The Bertz CT molecular complexity index is 621. The lowest BCUT2D eigenvalue weighted by Crippen LogP contribution is -2.46. The van der Waals surface area contributed by atoms with Crippen molar-refractivity contribution in [1.29, 1.82) is 0 Å². The van der Waals surface area contributed by atoms with E-state index in [0.29, 0.717) is 0 Å². The molecule has 0 aromatic heterocycles. The van der Waals surface area contributed by atoms with E-state index in [4.69, 9.17) is 0 Å². The van der Waals surface area contributed by atoms with Crippen LogP contribution in [0.4, 0.5) is 5.69 Å². The van der Waals surface area contributed by atoms with Crippen LogP contribution in [0, 0.1) is 20.9 Å². The van der Waals surface area contributed by atoms with Crippen LogP contribution in [-0.4, -0.2) is 22.0 Å². The number of phenolic OH excluding ortho intramolecular Hbond substituents is 1. The highest BCUT2D eigenvalue weighted by Gasteiger charge is 2.39. The number of nitrogens with one attached hydrogen (secondary N) is 1. The van der Waals surface area contributed by atoms with Crippen molar-refractivity contribution in [3.05, 3.63) is 33.9 Å². The average Bonchev–Trinajstić information content (AvgIpc) is 2.34. The van der Waals surface area contributed by atoms with E-state index in [1.165, 1.54) is 18.2 Å². The minimum atomic E-state index is -0.695. The number of para-hydroxylation sites is 1. The molecule has 0 radical (unpaired) electrons. The number of carbonyl (C=O) groups is 1. The number of nitrogens with zero attached hydrogens (tertiary/aromatic N) is 1. The zero-order valence-electron chi connectivity index (χ0n) is 14.0. The molecule has 126 valence electrons. The maximum absolute atomic E-state index is 12.4. The Morgan fingerprint density at radius 2 is 1.83 bits per heavy atom. The minimum Gasteiger partial charge on any atom is -0.502 e. The van der Waals surface area contributed by atoms with E-state index < -0.39 is 22.3 Å². The van der Waals surface area contributed by atoms with Crippen molar-refractivity contribution in [2.45, 2.75) is 53.0 Å². The number of benzene rings is 1. The predicted molar refractivity (Wildman–Crippen MR) is 87.4 cm³/mol. The predicted octanol–water partition coefficient (Wildman–Crippen LogP) is 3.64. The van der Waals surface area contributed by atoms with Gasteiger partial charge in [0.05, 0.1) is 10.5 Å². The second-order valence-corrected chi connectivity index (χ2v) is 8.01. The summed E-state index contributed by atoms with van der Waals surface area (Å²) in [5.41, 5.74) is -0.281. The number of amides is 1. The van der Waals surface area contributed by atoms with Gasteiger partial charge < -0.3 is 10.4 Å². The molecule has 0 aliphatic heterocycles. The third-order valence-electron chi connectivity index (χ3n) is 4.35. The summed E-state index contributed by atoms with van der Waals surface area (Å²) in [4.78, 5) is 22.6. The number of rotatable bonds is 3. The molecule has 1 aromatic rings. The summed E-state index contributed by atoms with van der Waals surface area (Å²) in [5.74, 6) is -1.05. The van der Waals surface area contributed by atoms with Crippen LogP contribution in [0.2, 0.25) is 0 Å². The molecule has 2 rings (SSSR count). The lowest BCUT2D eigenvalue weighted by molar-refractivity contribution is -0.385. The SMILES string of the molecule is CC1(C)CC(NC(=O)c2cccc([N+](=O)[O-])c2O)CC(C)(C)C1. The largest absolute Gasteiger partial charge is 0.502 e. The van der Waals surface area contributed by atoms with E-state index in [9.17, 15) is 20.0 Å². The van der Waals surface area contributed by atoms with Crippen LogP contribution in [0.3, 0.4) is 0 Å². The molecule has 0 saturated heterocycles. The average molecular weight is 320 g/mol. The summed E-state index contributed by atoms with van der Waals surface area (Å²) in [6.45, 7) is 8.71. The van der Waals surface area contributed by atoms with Crippen LogP contribution >= 0.6 is 0 Å². The van der Waals surface area contributed by atoms with Gasteiger partial charge >= 0.3 is 5.69 Å². The molecule has 1 aromatic carbocycles. The third-order valence-corrected chi connectivity index (χ3v) is 4.35. The van der Waals surface area contributed by atoms with Gasteiger partial charge in [-0.15, -0.1) is 0 Å². The second-order valence-electron chi connectivity index (χ2n) is 8.01. The number of hydrogen-bond acceptors (Lipinski definition) is 4. The number of hydrogen-bond donors (Lipinski definition) is 2. The molecule has 6 nitrogen and oxygen atoms in total. The monoisotopic (exact) mass is 320 g/mol. The Labute approximate surface area is 136 Å². The molecule has 2 N–H and O–H groups in total. The van der Waals surface area contributed by atoms with Gasteiger partial charge in [-0.05, 0) is 36.2 Å². The van der Waals surface area contributed by atoms with Crippen molar-refractivity contribution in [3.8, 4) is 5.75 Å². The molecule has 1 aliphatic rings. The molecule has 6 heteroatoms. The van der Waals surface area contributed by atoms with Gasteiger partial charge in [-0.2, -0.15) is 0 Å². The zero-order valence-corrected chi connectivity index (χ0v) is 14.0. The molecule has 0 bridgehead atoms. The van der Waals surface area contributed by atoms with Crippen LogP contribution in [0.15, 0.2) is 18.2 Å². The lowest BCUT2D eigenvalue weighted by atomic mass is 9.63. The highest BCUT2D eigenvalue weighted by Crippen LogP contribution is 2.45. The maximum atomic E-state index is 12.4. The number of nitro benzene ring substituents is 1. The van der Waals surface area contributed by atoms with Crippen LogP contribution in [0.1, 0.15) is 57.3 Å². The van der Waals surface area contributed by atoms with Gasteiger partial charge in [0.15, 0.2) is 0 Å². The number of phenols is 1. The van der Waals surface area contributed by atoms with Gasteiger partial charge in [0.2, 0.25) is 5.75 Å². The van der Waals surface area contributed by atoms with Crippen LogP contribution in [0.25, 0.3) is 0 Å². The van der Waals surface area contributed by atoms with Gasteiger partial charge in [-0.25, -0.2) is 0 Å². The zero-order chi connectivity index (χ0) is 17.4. The summed E-state index contributed by atoms with van der Waals surface area (Å²) in [5, 5.41) is 23.8. The first-order valence-corrected chi connectivity index (χ1v) is 7.78. The van der Waals surface area contributed by atoms with Gasteiger partial charge in [0.25, 0.3) is 5.91 Å². The maximum Gasteiger partial charge on any atom is 0.311 e. The van der Waals surface area contributed by atoms with E-state index in [0.717, 1.165) is 19.3 Å². The van der Waals surface area contributed by atoms with Crippen molar-refractivity contribution in [2.75, 3.05) is 0 Å². The number of nitro groups is 1. The van der Waals surface area contributed by atoms with Crippen LogP contribution in [0.5, 0.6) is 5.75 Å². The fourth-order valence-electron chi connectivity index (χ4n) is 4.07. The Hall–Kier alpha value is -2.11. The lowest BCUT2D eigenvalue weighted by Gasteiger charge is -2.45. The fourth-order valence-corrected chi connectivity index (χ4v) is 4.07. The quantitative estimate of drug-likeness (QED) is 0.657. The smallest absolute Gasteiger partial charge is 0.311 e. The highest BCUT2D eigenvalue weighted by molar-refractivity contribution is 5.98. The first-order chi connectivity index (χ1) is 10.5. The standard InChI is InChI=1S/C17H24N2O4/c1-16(2)8-11(9-17(3,4)10-16)18-15(21)12-6-5-7-13(14(12)20)19(22)23/h5-7,11,20H,8-10H2,1-4H3,(H,18,21). The van der Waals surface area contributed by atoms with Crippen molar-refractivity contribution >= 4 is 11.6 Å². The topological polar surface area (TPSA) is 92.5 Å². The molecule has 1 saturated carbocycles. The van der Waals surface area contributed by atoms with E-state index in [2.05, 4.69) is 33.0 Å². The minimum absolute atomic E-state index is 0.0140. The molecular weight excluding hydrogens is 296 g/mol. The molecule has 1 fully saturated rings. The first kappa shape index (κ1) is 17.2. The molecule has 23 heavy (non-hydrogen) atoms. The van der Waals surface area contributed by atoms with Gasteiger partial charge in [0.1, 0.15) is 0 Å². The van der Waals surface area contributed by atoms with Gasteiger partial charge in [-0.1, -0.05) is 33.8 Å². The second kappa shape index (κ2) is 5.83. The summed E-state index contributed by atoms with van der Waals surface area (Å²) in [6.07, 6.45) is 2.77. The normalized spacial score (nSPS) is 20.0. The summed E-state index contributed by atoms with van der Waals surface area (Å²) >= 11 is 0. The third kappa shape index (κ3) is 4.00. The Morgan fingerprint density at radius 1 is 1.26 bits per heavy atom. The first-order valence-electron chi connectivity index (χ1n) is 7.78. The van der Waals surface area contributed by atoms with E-state index >= 15 is 0 Å². The van der Waals surface area contributed by atoms with Crippen molar-refractivity contribution in [1.82, 2.24) is 5.32 Å². The van der Waals surface area contributed by atoms with Crippen molar-refractivity contribution < 1.29 is 14.8 Å². The Morgan fingerprint density at radius 3 is 2.35 bits per heavy atom. The van der Waals surface area contributed by atoms with Gasteiger partial charge in [0, 0.05) is 12.1 Å². The van der Waals surface area contributed by atoms with E-state index in [1.807, 2.05) is 0 Å². The fraction of sp³-hybridized carbons (Fsp3) is 0.588. The number of carbonyl (C=O) groups excluding carboxylic acids is 1.